The average Bonchev–Trinajstić information content (AvgIpc) is 3.62. The van der Waals surface area contributed by atoms with Crippen LogP contribution in [0.25, 0.3) is 5.82 Å². The zero-order valence-corrected chi connectivity index (χ0v) is 21.4. The first-order valence-electron chi connectivity index (χ1n) is 12.8. The molecule has 2 aromatic carbocycles. The Balaban J connectivity index is 1.43. The van der Waals surface area contributed by atoms with Gasteiger partial charge in [-0.2, -0.15) is 9.78 Å². The van der Waals surface area contributed by atoms with Gasteiger partial charge in [-0.25, -0.2) is 15.0 Å². The molecular formula is C30H25N7O2. The maximum Gasteiger partial charge on any atom is 0.179 e. The molecule has 0 unspecified atom stereocenters. The van der Waals surface area contributed by atoms with Gasteiger partial charge in [-0.3, -0.25) is 0 Å². The zero-order valence-electron chi connectivity index (χ0n) is 21.4. The van der Waals surface area contributed by atoms with Gasteiger partial charge in [0.1, 0.15) is 17.6 Å². The minimum atomic E-state index is -0.311. The van der Waals surface area contributed by atoms with Crippen LogP contribution in [-0.2, 0) is 0 Å². The molecule has 0 aliphatic carbocycles. The minimum Gasteiger partial charge on any atom is -0.494 e. The van der Waals surface area contributed by atoms with Crippen LogP contribution in [0.4, 0.5) is 22.9 Å². The number of furan rings is 1. The molecule has 0 amide bonds. The minimum absolute atomic E-state index is 0.311. The predicted molar refractivity (Wildman–Crippen MR) is 151 cm³/mol. The maximum absolute atomic E-state index is 6.03. The van der Waals surface area contributed by atoms with E-state index in [9.17, 15) is 0 Å². The normalized spacial score (nSPS) is 15.5. The van der Waals surface area contributed by atoms with Crippen LogP contribution in [0.1, 0.15) is 30.0 Å². The molecule has 0 fully saturated rings. The molecule has 1 atom stereocenters. The Morgan fingerprint density at radius 3 is 2.56 bits per heavy atom. The topological polar surface area (TPSA) is 93.1 Å². The standard InChI is InChI=1S/C30H25N7O2/c1-3-38-21-15-13-20(14-16-21)32-28-30-34-29-26(19(2)35-37(29)25-12-6-7-17-31-25)27(24-11-8-18-39-24)36(30)23-10-5-4-9-22(23)33-28/h4-18,27H,3H2,1-2H3,(H,32,33)/t27-/m0/s1. The number of rotatable bonds is 5. The summed E-state index contributed by atoms with van der Waals surface area (Å²) < 4.78 is 13.4. The molecule has 0 saturated carbocycles. The highest BCUT2D eigenvalue weighted by Gasteiger charge is 2.42. The molecule has 7 rings (SSSR count). The highest BCUT2D eigenvalue weighted by molar-refractivity contribution is 6.51. The van der Waals surface area contributed by atoms with E-state index in [1.165, 1.54) is 0 Å². The second kappa shape index (κ2) is 9.29. The molecule has 2 aliphatic rings. The summed E-state index contributed by atoms with van der Waals surface area (Å²) in [5, 5.41) is 8.38. The number of pyridine rings is 1. The van der Waals surface area contributed by atoms with Gasteiger partial charge in [0.05, 0.1) is 35.5 Å². The van der Waals surface area contributed by atoms with Crippen molar-refractivity contribution in [2.75, 3.05) is 16.8 Å². The van der Waals surface area contributed by atoms with Gasteiger partial charge in [0.25, 0.3) is 0 Å². The highest BCUT2D eigenvalue weighted by atomic mass is 16.5. The quantitative estimate of drug-likeness (QED) is 0.293. The Hall–Kier alpha value is -5.18. The Kier molecular flexibility index (Phi) is 5.47. The van der Waals surface area contributed by atoms with Gasteiger partial charge >= 0.3 is 0 Å². The smallest absolute Gasteiger partial charge is 0.179 e. The molecule has 5 heterocycles. The number of hydrogen-bond donors (Lipinski definition) is 1. The number of anilines is 2. The summed E-state index contributed by atoms with van der Waals surface area (Å²) in [7, 11) is 0. The zero-order chi connectivity index (χ0) is 26.3. The number of fused-ring (bicyclic) bond motifs is 4. The molecule has 0 saturated heterocycles. The van der Waals surface area contributed by atoms with Crippen LogP contribution in [0.2, 0.25) is 0 Å². The Morgan fingerprint density at radius 1 is 0.949 bits per heavy atom. The second-order valence-electron chi connectivity index (χ2n) is 9.18. The molecule has 9 nitrogen and oxygen atoms in total. The van der Waals surface area contributed by atoms with Crippen LogP contribution >= 0.6 is 0 Å². The Bertz CT molecular complexity index is 1700. The molecule has 5 aromatic rings. The molecular weight excluding hydrogens is 490 g/mol. The largest absolute Gasteiger partial charge is 0.494 e. The van der Waals surface area contributed by atoms with Crippen molar-refractivity contribution >= 4 is 34.6 Å². The molecule has 3 aromatic heterocycles. The van der Waals surface area contributed by atoms with E-state index < -0.39 is 0 Å². The van der Waals surface area contributed by atoms with E-state index >= 15 is 0 Å². The van der Waals surface area contributed by atoms with Gasteiger partial charge in [-0.15, -0.1) is 0 Å². The first-order chi connectivity index (χ1) is 19.2. The van der Waals surface area contributed by atoms with Crippen molar-refractivity contribution < 1.29 is 9.15 Å². The first-order valence-corrected chi connectivity index (χ1v) is 12.8. The lowest BCUT2D eigenvalue weighted by Crippen LogP contribution is -2.46. The van der Waals surface area contributed by atoms with Gasteiger partial charge in [0.2, 0.25) is 0 Å². The van der Waals surface area contributed by atoms with E-state index in [1.807, 2.05) is 86.6 Å². The van der Waals surface area contributed by atoms with Crippen molar-refractivity contribution in [2.45, 2.75) is 19.9 Å². The lowest BCUT2D eigenvalue weighted by molar-refractivity contribution is 0.340. The maximum atomic E-state index is 6.03. The van der Waals surface area contributed by atoms with Crippen molar-refractivity contribution in [3.63, 3.8) is 0 Å². The van der Waals surface area contributed by atoms with Crippen LogP contribution in [0.5, 0.6) is 5.75 Å². The molecule has 0 radical (unpaired) electrons. The van der Waals surface area contributed by atoms with Gasteiger partial charge in [-0.05, 0) is 74.5 Å². The van der Waals surface area contributed by atoms with Crippen LogP contribution in [0, 0.1) is 6.92 Å². The van der Waals surface area contributed by atoms with Gasteiger partial charge in [-0.1, -0.05) is 18.2 Å². The molecule has 1 N–H and O–H groups in total. The molecule has 192 valence electrons. The fourth-order valence-corrected chi connectivity index (χ4v) is 5.09. The van der Waals surface area contributed by atoms with Crippen molar-refractivity contribution in [3.05, 3.63) is 108 Å². The van der Waals surface area contributed by atoms with Crippen molar-refractivity contribution in [3.8, 4) is 11.6 Å². The summed E-state index contributed by atoms with van der Waals surface area (Å²) >= 11 is 0. The third-order valence-electron chi connectivity index (χ3n) is 6.75. The summed E-state index contributed by atoms with van der Waals surface area (Å²) in [5.41, 5.74) is 4.44. The highest BCUT2D eigenvalue weighted by Crippen LogP contribution is 2.48. The van der Waals surface area contributed by atoms with E-state index in [0.29, 0.717) is 29.9 Å². The monoisotopic (exact) mass is 515 g/mol. The van der Waals surface area contributed by atoms with E-state index in [1.54, 1.807) is 17.1 Å². The van der Waals surface area contributed by atoms with Crippen molar-refractivity contribution in [2.24, 2.45) is 9.98 Å². The molecule has 2 aliphatic heterocycles. The van der Waals surface area contributed by atoms with Gasteiger partial charge < -0.3 is 19.4 Å². The third kappa shape index (κ3) is 3.86. The first kappa shape index (κ1) is 23.0. The average molecular weight is 516 g/mol. The lowest BCUT2D eigenvalue weighted by Gasteiger charge is -2.39. The summed E-state index contributed by atoms with van der Waals surface area (Å²) in [6, 6.07) is 25.2. The number of aromatic nitrogens is 3. The molecule has 0 bridgehead atoms. The summed E-state index contributed by atoms with van der Waals surface area (Å²) in [5.74, 6) is 4.25. The summed E-state index contributed by atoms with van der Waals surface area (Å²) in [6.07, 6.45) is 3.45. The fourth-order valence-electron chi connectivity index (χ4n) is 5.09. The number of amidine groups is 2. The van der Waals surface area contributed by atoms with Crippen LogP contribution in [0.15, 0.2) is 106 Å². The van der Waals surface area contributed by atoms with E-state index in [0.717, 1.165) is 39.8 Å². The van der Waals surface area contributed by atoms with Gasteiger partial charge in [0.15, 0.2) is 23.3 Å². The third-order valence-corrected chi connectivity index (χ3v) is 6.75. The van der Waals surface area contributed by atoms with E-state index in [4.69, 9.17) is 24.2 Å². The number of nitrogens with one attached hydrogen (secondary N) is 1. The number of ether oxygens (including phenoxy) is 1. The van der Waals surface area contributed by atoms with E-state index in [-0.39, 0.29) is 6.04 Å². The SMILES string of the molecule is CCOc1ccc(NC2=Nc3ccccc3N3C2=Nc2c(c(C)nn2-c2ccccn2)[C@@H]3c2ccco2)cc1. The van der Waals surface area contributed by atoms with Crippen LogP contribution < -0.4 is 15.0 Å². The van der Waals surface area contributed by atoms with Crippen LogP contribution in [0.3, 0.4) is 0 Å². The lowest BCUT2D eigenvalue weighted by atomic mass is 9.98. The Morgan fingerprint density at radius 2 is 1.79 bits per heavy atom. The number of para-hydroxylation sites is 2. The summed E-state index contributed by atoms with van der Waals surface area (Å²) in [6.45, 7) is 4.58. The number of benzene rings is 2. The summed E-state index contributed by atoms with van der Waals surface area (Å²) in [4.78, 5) is 16.9. The molecule has 9 heteroatoms. The fraction of sp³-hybridized carbons (Fsp3) is 0.133. The number of aryl methyl sites for hydroxylation is 1. The van der Waals surface area contributed by atoms with Gasteiger partial charge in [0, 0.05) is 11.9 Å². The Labute approximate surface area is 225 Å². The number of aliphatic imine (C=N–C) groups is 2. The van der Waals surface area contributed by atoms with E-state index in [2.05, 4.69) is 21.3 Å². The van der Waals surface area contributed by atoms with Crippen LogP contribution in [-0.4, -0.2) is 33.0 Å². The number of nitrogens with zero attached hydrogens (tertiary/aromatic N) is 6. The second-order valence-corrected chi connectivity index (χ2v) is 9.18. The molecule has 39 heavy (non-hydrogen) atoms. The van der Waals surface area contributed by atoms with Crippen molar-refractivity contribution in [1.82, 2.24) is 14.8 Å². The molecule has 0 spiro atoms. The predicted octanol–water partition coefficient (Wildman–Crippen LogP) is 6.36. The number of hydrogen-bond acceptors (Lipinski definition) is 8. The van der Waals surface area contributed by atoms with Crippen molar-refractivity contribution in [1.29, 1.82) is 0 Å².